The molecule has 3 aliphatic heterocycles. The van der Waals surface area contributed by atoms with Gasteiger partial charge in [0.15, 0.2) is 0 Å². The summed E-state index contributed by atoms with van der Waals surface area (Å²) < 4.78 is 5.63. The van der Waals surface area contributed by atoms with Crippen LogP contribution in [0.1, 0.15) is 66.4 Å². The Morgan fingerprint density at radius 2 is 1.74 bits per heavy atom. The van der Waals surface area contributed by atoms with Crippen molar-refractivity contribution in [2.45, 2.75) is 61.9 Å². The quantitative estimate of drug-likeness (QED) is 0.164. The number of piperidine rings is 2. The molecule has 12 nitrogen and oxygen atoms in total. The van der Waals surface area contributed by atoms with Crippen molar-refractivity contribution in [3.8, 4) is 17.0 Å². The van der Waals surface area contributed by atoms with E-state index in [1.807, 2.05) is 59.5 Å². The first kappa shape index (κ1) is 37.7. The van der Waals surface area contributed by atoms with Gasteiger partial charge in [0.25, 0.3) is 5.91 Å². The molecule has 7 rings (SSSR count). The lowest BCUT2D eigenvalue weighted by atomic mass is 9.76. The van der Waals surface area contributed by atoms with E-state index in [0.29, 0.717) is 65.9 Å². The Labute approximate surface area is 324 Å². The van der Waals surface area contributed by atoms with Crippen molar-refractivity contribution in [1.29, 1.82) is 0 Å². The normalized spacial score (nSPS) is 21.5. The molecular formula is C40H45Cl2N7O5. The van der Waals surface area contributed by atoms with Crippen LogP contribution in [0.3, 0.4) is 0 Å². The van der Waals surface area contributed by atoms with Crippen LogP contribution in [-0.4, -0.2) is 106 Å². The maximum Gasteiger partial charge on any atom is 0.326 e. The lowest BCUT2D eigenvalue weighted by Gasteiger charge is -2.45. The van der Waals surface area contributed by atoms with Crippen molar-refractivity contribution in [3.05, 3.63) is 99.7 Å². The number of rotatable bonds is 10. The second kappa shape index (κ2) is 16.0. The molecule has 3 N–H and O–H groups in total. The molecular weight excluding hydrogens is 729 g/mol. The van der Waals surface area contributed by atoms with Crippen LogP contribution < -0.4 is 10.1 Å². The van der Waals surface area contributed by atoms with Gasteiger partial charge in [-0.05, 0) is 92.9 Å². The van der Waals surface area contributed by atoms with Crippen LogP contribution in [0.4, 0.5) is 4.79 Å². The highest BCUT2D eigenvalue weighted by atomic mass is 35.5. The highest BCUT2D eigenvalue weighted by molar-refractivity contribution is 6.42. The molecule has 4 aromatic rings. The van der Waals surface area contributed by atoms with E-state index in [2.05, 4.69) is 25.6 Å². The van der Waals surface area contributed by atoms with Crippen LogP contribution >= 0.6 is 23.2 Å². The molecule has 54 heavy (non-hydrogen) atoms. The molecule has 0 radical (unpaired) electrons. The molecule has 4 heterocycles. The number of carbonyl (C=O) groups is 3. The average Bonchev–Trinajstić information content (AvgIpc) is 3.91. The van der Waals surface area contributed by atoms with Gasteiger partial charge in [-0.3, -0.25) is 4.79 Å². The summed E-state index contributed by atoms with van der Waals surface area (Å²) in [5.74, 6) is -0.601. The predicted molar refractivity (Wildman–Crippen MR) is 206 cm³/mol. The van der Waals surface area contributed by atoms with Gasteiger partial charge in [-0.1, -0.05) is 59.6 Å². The number of nitrogens with zero attached hydrogens (tertiary/aromatic N) is 5. The van der Waals surface area contributed by atoms with Crippen molar-refractivity contribution in [2.24, 2.45) is 0 Å². The Balaban J connectivity index is 1.09. The fourth-order valence-electron chi connectivity index (χ4n) is 8.48. The topological polar surface area (TPSA) is 144 Å². The third kappa shape index (κ3) is 7.65. The number of ether oxygens (including phenoxy) is 1. The number of aromatic amines is 1. The summed E-state index contributed by atoms with van der Waals surface area (Å²) in [6.45, 7) is 3.68. The van der Waals surface area contributed by atoms with E-state index < -0.39 is 17.6 Å². The van der Waals surface area contributed by atoms with Gasteiger partial charge >= 0.3 is 12.0 Å². The van der Waals surface area contributed by atoms with Crippen LogP contribution in [0.15, 0.2) is 72.9 Å². The van der Waals surface area contributed by atoms with E-state index in [9.17, 15) is 19.5 Å². The Kier molecular flexibility index (Phi) is 11.1. The van der Waals surface area contributed by atoms with Crippen molar-refractivity contribution in [2.75, 3.05) is 46.4 Å². The zero-order valence-electron chi connectivity index (χ0n) is 30.3. The second-order valence-corrected chi connectivity index (χ2v) is 15.5. The standard InChI is InChI=1S/C40H45Cl2N7O5/c1-54-35-13-10-27(33-25-43-46-45-33)23-30(35)36(50)48-22-15-39(26-48,29-11-12-31(41)32(42)24-29)14-19-47-20-16-40(17-21-47,28-7-3-2-4-8-28)44-38(53)49-18-6-5-9-34(49)37(51)52/h2-4,7-8,10-13,23-25,34H,5-6,9,14-22,26H2,1H3,(H,44,53)(H,51,52)(H,43,45,46). The number of carboxylic acids is 1. The maximum atomic E-state index is 14.2. The number of carboxylic acid groups (broad SMARTS) is 1. The number of urea groups is 1. The monoisotopic (exact) mass is 773 g/mol. The number of methoxy groups -OCH3 is 1. The molecule has 3 aliphatic rings. The summed E-state index contributed by atoms with van der Waals surface area (Å²) in [6, 6.07) is 20.1. The first-order valence-corrected chi connectivity index (χ1v) is 19.3. The van der Waals surface area contributed by atoms with Crippen LogP contribution in [0, 0.1) is 0 Å². The molecule has 0 bridgehead atoms. The van der Waals surface area contributed by atoms with Crippen molar-refractivity contribution in [3.63, 3.8) is 0 Å². The van der Waals surface area contributed by atoms with Crippen LogP contribution in [0.25, 0.3) is 11.3 Å². The van der Waals surface area contributed by atoms with E-state index in [4.69, 9.17) is 27.9 Å². The van der Waals surface area contributed by atoms with Gasteiger partial charge in [-0.2, -0.15) is 15.4 Å². The number of aromatic nitrogens is 3. The highest BCUT2D eigenvalue weighted by Gasteiger charge is 2.44. The fraction of sp³-hybridized carbons (Fsp3) is 0.425. The van der Waals surface area contributed by atoms with Crippen LogP contribution in [0.5, 0.6) is 5.75 Å². The van der Waals surface area contributed by atoms with Gasteiger partial charge in [-0.15, -0.1) is 0 Å². The van der Waals surface area contributed by atoms with E-state index >= 15 is 0 Å². The third-order valence-electron chi connectivity index (χ3n) is 11.7. The molecule has 3 amide bonds. The zero-order valence-corrected chi connectivity index (χ0v) is 31.8. The first-order valence-electron chi connectivity index (χ1n) is 18.5. The first-order chi connectivity index (χ1) is 26.1. The number of likely N-dealkylation sites (tertiary alicyclic amines) is 3. The minimum Gasteiger partial charge on any atom is -0.496 e. The van der Waals surface area contributed by atoms with E-state index in [1.165, 1.54) is 4.90 Å². The van der Waals surface area contributed by atoms with Crippen molar-refractivity contribution in [1.82, 2.24) is 35.4 Å². The van der Waals surface area contributed by atoms with Gasteiger partial charge in [0.2, 0.25) is 0 Å². The van der Waals surface area contributed by atoms with E-state index in [-0.39, 0.29) is 17.4 Å². The number of halogens is 2. The summed E-state index contributed by atoms with van der Waals surface area (Å²) in [5.41, 5.74) is 2.88. The molecule has 0 saturated carbocycles. The lowest BCUT2D eigenvalue weighted by Crippen LogP contribution is -2.59. The fourth-order valence-corrected chi connectivity index (χ4v) is 8.78. The Morgan fingerprint density at radius 1 is 0.944 bits per heavy atom. The zero-order chi connectivity index (χ0) is 37.9. The molecule has 3 saturated heterocycles. The Bertz CT molecular complexity index is 1970. The largest absolute Gasteiger partial charge is 0.496 e. The summed E-state index contributed by atoms with van der Waals surface area (Å²) in [4.78, 5) is 45.9. The number of H-pyrrole nitrogens is 1. The van der Waals surface area contributed by atoms with Crippen molar-refractivity contribution >= 4 is 41.1 Å². The summed E-state index contributed by atoms with van der Waals surface area (Å²) >= 11 is 13.0. The second-order valence-electron chi connectivity index (χ2n) is 14.7. The Morgan fingerprint density at radius 3 is 2.44 bits per heavy atom. The maximum absolute atomic E-state index is 14.2. The number of nitrogens with one attached hydrogen (secondary N) is 2. The number of amides is 3. The Hall–Kier alpha value is -4.65. The van der Waals surface area contributed by atoms with Gasteiger partial charge in [0.1, 0.15) is 17.5 Å². The SMILES string of the molecule is COc1ccc(-c2cn[nH]n2)cc1C(=O)N1CCC(CCN2CCC(NC(=O)N3CCCCC3C(=O)O)(c3ccccc3)CC2)(c2ccc(Cl)c(Cl)c2)C1. The number of hydrogen-bond acceptors (Lipinski definition) is 7. The van der Waals surface area contributed by atoms with E-state index in [0.717, 1.165) is 62.0 Å². The molecule has 3 aromatic carbocycles. The molecule has 2 unspecified atom stereocenters. The minimum atomic E-state index is -0.962. The number of aliphatic carboxylic acids is 1. The van der Waals surface area contributed by atoms with Gasteiger partial charge in [0.05, 0.1) is 34.5 Å². The molecule has 284 valence electrons. The highest BCUT2D eigenvalue weighted by Crippen LogP contribution is 2.42. The van der Waals surface area contributed by atoms with Gasteiger partial charge in [0, 0.05) is 43.7 Å². The number of benzene rings is 3. The number of carbonyl (C=O) groups excluding carboxylic acids is 2. The van der Waals surface area contributed by atoms with Crippen molar-refractivity contribution < 1.29 is 24.2 Å². The number of hydrogen-bond donors (Lipinski definition) is 3. The van der Waals surface area contributed by atoms with Gasteiger partial charge < -0.3 is 29.9 Å². The molecule has 1 aromatic heterocycles. The summed E-state index contributed by atoms with van der Waals surface area (Å²) in [5, 5.41) is 24.9. The lowest BCUT2D eigenvalue weighted by molar-refractivity contribution is -0.143. The van der Waals surface area contributed by atoms with Crippen LogP contribution in [0.2, 0.25) is 10.0 Å². The average molecular weight is 775 g/mol. The summed E-state index contributed by atoms with van der Waals surface area (Å²) in [7, 11) is 1.56. The predicted octanol–water partition coefficient (Wildman–Crippen LogP) is 6.60. The van der Waals surface area contributed by atoms with Crippen LogP contribution in [-0.2, 0) is 15.7 Å². The molecule has 3 fully saturated rings. The minimum absolute atomic E-state index is 0.126. The molecule has 14 heteroatoms. The molecule has 2 atom stereocenters. The summed E-state index contributed by atoms with van der Waals surface area (Å²) in [6.07, 6.45) is 6.49. The van der Waals surface area contributed by atoms with Gasteiger partial charge in [-0.25, -0.2) is 9.59 Å². The smallest absolute Gasteiger partial charge is 0.326 e. The third-order valence-corrected chi connectivity index (χ3v) is 12.4. The molecule has 0 spiro atoms. The molecule has 0 aliphatic carbocycles. The van der Waals surface area contributed by atoms with E-state index in [1.54, 1.807) is 25.4 Å².